The van der Waals surface area contributed by atoms with Crippen molar-refractivity contribution in [1.82, 2.24) is 9.88 Å². The highest BCUT2D eigenvalue weighted by molar-refractivity contribution is 7.22. The Bertz CT molecular complexity index is 1010. The number of amides is 1. The number of thiophene rings is 1. The quantitative estimate of drug-likeness (QED) is 0.613. The molecule has 2 aromatic heterocycles. The molecule has 0 saturated carbocycles. The molecule has 5 nitrogen and oxygen atoms in total. The lowest BCUT2D eigenvalue weighted by Crippen LogP contribution is -2.44. The fourth-order valence-electron chi connectivity index (χ4n) is 3.65. The first-order valence-electron chi connectivity index (χ1n) is 9.22. The van der Waals surface area contributed by atoms with E-state index in [4.69, 9.17) is 16.3 Å². The molecule has 28 heavy (non-hydrogen) atoms. The summed E-state index contributed by atoms with van der Waals surface area (Å²) in [7, 11) is 0. The second kappa shape index (κ2) is 8.08. The van der Waals surface area contributed by atoms with Crippen molar-refractivity contribution in [3.63, 3.8) is 0 Å². The van der Waals surface area contributed by atoms with Crippen LogP contribution in [0.2, 0.25) is 5.02 Å². The van der Waals surface area contributed by atoms with Gasteiger partial charge in [0.05, 0.1) is 22.9 Å². The summed E-state index contributed by atoms with van der Waals surface area (Å²) >= 11 is 9.35. The lowest BCUT2D eigenvalue weighted by Gasteiger charge is -2.34. The van der Waals surface area contributed by atoms with Crippen LogP contribution in [0, 0.1) is 6.92 Å². The van der Waals surface area contributed by atoms with Gasteiger partial charge in [0.2, 0.25) is 0 Å². The summed E-state index contributed by atoms with van der Waals surface area (Å²) in [6.07, 6.45) is 0.445. The minimum Gasteiger partial charge on any atom is -0.373 e. The molecule has 2 unspecified atom stereocenters. The number of ether oxygens (including phenoxy) is 1. The van der Waals surface area contributed by atoms with E-state index in [1.165, 1.54) is 22.7 Å². The summed E-state index contributed by atoms with van der Waals surface area (Å²) in [5.74, 6) is -0.208. The Kier molecular flexibility index (Phi) is 5.71. The lowest BCUT2D eigenvalue weighted by molar-refractivity contribution is -0.0707. The zero-order valence-corrected chi connectivity index (χ0v) is 18.4. The predicted octanol–water partition coefficient (Wildman–Crippen LogP) is 5.18. The van der Waals surface area contributed by atoms with Crippen molar-refractivity contribution >= 4 is 55.4 Å². The van der Waals surface area contributed by atoms with Crippen molar-refractivity contribution in [3.05, 3.63) is 44.7 Å². The summed E-state index contributed by atoms with van der Waals surface area (Å²) in [5.41, 5.74) is 2.03. The Hall–Kier alpha value is -1.51. The van der Waals surface area contributed by atoms with Crippen LogP contribution < -0.4 is 5.32 Å². The number of carbonyl (C=O) groups excluding carboxylic acids is 1. The number of thiazole rings is 1. The number of rotatable bonds is 4. The first-order chi connectivity index (χ1) is 13.4. The standard InChI is InChI=1S/C20H22ClN3O2S2/c1-11-5-4-6-15-16(11)17(21)18(28-15)19(25)23-20-22-14(10-27-20)9-24-7-12(2)26-13(3)8-24/h4-6,10,12-13H,7-9H2,1-3H3,(H,22,23,25). The Balaban J connectivity index is 1.46. The number of fused-ring (bicyclic) bond motifs is 1. The maximum Gasteiger partial charge on any atom is 0.269 e. The van der Waals surface area contributed by atoms with Crippen molar-refractivity contribution in [3.8, 4) is 0 Å². The van der Waals surface area contributed by atoms with E-state index >= 15 is 0 Å². The summed E-state index contributed by atoms with van der Waals surface area (Å²) in [4.78, 5) is 20.2. The van der Waals surface area contributed by atoms with Crippen LogP contribution in [0.3, 0.4) is 0 Å². The number of halogens is 1. The van der Waals surface area contributed by atoms with Crippen molar-refractivity contribution in [1.29, 1.82) is 0 Å². The van der Waals surface area contributed by atoms with E-state index in [-0.39, 0.29) is 18.1 Å². The number of carbonyl (C=O) groups is 1. The molecular formula is C20H22ClN3O2S2. The summed E-state index contributed by atoms with van der Waals surface area (Å²) in [6.45, 7) is 8.72. The maximum absolute atomic E-state index is 12.8. The average molecular weight is 436 g/mol. The smallest absolute Gasteiger partial charge is 0.269 e. The lowest BCUT2D eigenvalue weighted by atomic mass is 10.1. The molecule has 0 bridgehead atoms. The van der Waals surface area contributed by atoms with Gasteiger partial charge in [-0.3, -0.25) is 15.0 Å². The number of nitrogens with zero attached hydrogens (tertiary/aromatic N) is 2. The first-order valence-corrected chi connectivity index (χ1v) is 11.3. The largest absolute Gasteiger partial charge is 0.373 e. The van der Waals surface area contributed by atoms with Crippen LogP contribution in [0.5, 0.6) is 0 Å². The van der Waals surface area contributed by atoms with E-state index in [0.717, 1.165) is 41.0 Å². The second-order valence-electron chi connectivity index (χ2n) is 7.24. The minimum absolute atomic E-state index is 0.208. The van der Waals surface area contributed by atoms with Gasteiger partial charge in [0.15, 0.2) is 5.13 Å². The number of aryl methyl sites for hydroxylation is 1. The molecule has 3 heterocycles. The SMILES string of the molecule is Cc1cccc2sc(C(=O)Nc3nc(CN4CC(C)OC(C)C4)cs3)c(Cl)c12. The van der Waals surface area contributed by atoms with Crippen molar-refractivity contribution in [2.75, 3.05) is 18.4 Å². The summed E-state index contributed by atoms with van der Waals surface area (Å²) in [5, 5.41) is 6.97. The van der Waals surface area contributed by atoms with Gasteiger partial charge in [-0.25, -0.2) is 4.98 Å². The highest BCUT2D eigenvalue weighted by atomic mass is 35.5. The molecule has 8 heteroatoms. The van der Waals surface area contributed by atoms with Gasteiger partial charge in [-0.15, -0.1) is 22.7 Å². The normalized spacial score (nSPS) is 20.6. The molecule has 4 rings (SSSR count). The third-order valence-corrected chi connectivity index (χ3v) is 7.18. The van der Waals surface area contributed by atoms with E-state index in [2.05, 4.69) is 29.0 Å². The molecule has 1 aliphatic rings. The molecule has 0 radical (unpaired) electrons. The van der Waals surface area contributed by atoms with Crippen LogP contribution in [-0.4, -0.2) is 41.1 Å². The van der Waals surface area contributed by atoms with Crippen molar-refractivity contribution in [2.24, 2.45) is 0 Å². The number of aromatic nitrogens is 1. The maximum atomic E-state index is 12.8. The van der Waals surface area contributed by atoms with E-state index in [0.29, 0.717) is 15.0 Å². The van der Waals surface area contributed by atoms with Crippen molar-refractivity contribution < 1.29 is 9.53 Å². The molecule has 1 aromatic carbocycles. The number of hydrogen-bond acceptors (Lipinski definition) is 6. The van der Waals surface area contributed by atoms with Crippen molar-refractivity contribution in [2.45, 2.75) is 39.5 Å². The highest BCUT2D eigenvalue weighted by Gasteiger charge is 2.23. The number of nitrogens with one attached hydrogen (secondary N) is 1. The Labute approximate surface area is 177 Å². The van der Waals surface area contributed by atoms with Gasteiger partial charge in [-0.2, -0.15) is 0 Å². The van der Waals surface area contributed by atoms with Gasteiger partial charge >= 0.3 is 0 Å². The van der Waals surface area contributed by atoms with Crippen LogP contribution in [-0.2, 0) is 11.3 Å². The first kappa shape index (κ1) is 19.8. The van der Waals surface area contributed by atoms with Gasteiger partial charge in [0.25, 0.3) is 5.91 Å². The van der Waals surface area contributed by atoms with Gasteiger partial charge in [0, 0.05) is 35.1 Å². The third kappa shape index (κ3) is 4.09. The fraction of sp³-hybridized carbons (Fsp3) is 0.400. The van der Waals surface area contributed by atoms with E-state index in [1.807, 2.05) is 30.5 Å². The van der Waals surface area contributed by atoms with E-state index < -0.39 is 0 Å². The van der Waals surface area contributed by atoms with Crippen LogP contribution in [0.1, 0.15) is 34.8 Å². The molecule has 2 atom stereocenters. The monoisotopic (exact) mass is 435 g/mol. The molecule has 148 valence electrons. The van der Waals surface area contributed by atoms with Gasteiger partial charge in [0.1, 0.15) is 4.88 Å². The van der Waals surface area contributed by atoms with E-state index in [1.54, 1.807) is 0 Å². The molecule has 1 fully saturated rings. The fourth-order valence-corrected chi connectivity index (χ4v) is 5.93. The van der Waals surface area contributed by atoms with Crippen LogP contribution >= 0.6 is 34.3 Å². The minimum atomic E-state index is -0.208. The number of hydrogen-bond donors (Lipinski definition) is 1. The molecule has 1 saturated heterocycles. The molecule has 1 amide bonds. The van der Waals surface area contributed by atoms with Gasteiger partial charge in [-0.05, 0) is 32.4 Å². The van der Waals surface area contributed by atoms with Crippen LogP contribution in [0.25, 0.3) is 10.1 Å². The summed E-state index contributed by atoms with van der Waals surface area (Å²) in [6, 6.07) is 5.97. The molecule has 1 N–H and O–H groups in total. The van der Waals surface area contributed by atoms with Gasteiger partial charge in [-0.1, -0.05) is 23.7 Å². The summed E-state index contributed by atoms with van der Waals surface area (Å²) < 4.78 is 6.80. The van der Waals surface area contributed by atoms with Crippen LogP contribution in [0.4, 0.5) is 5.13 Å². The number of anilines is 1. The Morgan fingerprint density at radius 3 is 2.82 bits per heavy atom. The van der Waals surface area contributed by atoms with E-state index in [9.17, 15) is 4.79 Å². The second-order valence-corrected chi connectivity index (χ2v) is 9.53. The van der Waals surface area contributed by atoms with Crippen LogP contribution in [0.15, 0.2) is 23.6 Å². The molecule has 1 aliphatic heterocycles. The molecule has 0 aliphatic carbocycles. The molecule has 0 spiro atoms. The Morgan fingerprint density at radius 1 is 1.36 bits per heavy atom. The van der Waals surface area contributed by atoms with Gasteiger partial charge < -0.3 is 4.74 Å². The topological polar surface area (TPSA) is 54.5 Å². The Morgan fingerprint density at radius 2 is 2.11 bits per heavy atom. The zero-order valence-electron chi connectivity index (χ0n) is 16.0. The highest BCUT2D eigenvalue weighted by Crippen LogP contribution is 2.37. The average Bonchev–Trinajstić information content (AvgIpc) is 3.19. The number of morpholine rings is 1. The number of benzene rings is 1. The molecule has 3 aromatic rings. The zero-order chi connectivity index (χ0) is 19.8. The third-order valence-electron chi connectivity index (χ3n) is 4.72. The molecular weight excluding hydrogens is 414 g/mol. The predicted molar refractivity (Wildman–Crippen MR) is 117 cm³/mol.